The largest absolute Gasteiger partial charge is 0.347 e. The van der Waals surface area contributed by atoms with Crippen molar-refractivity contribution in [3.63, 3.8) is 0 Å². The highest BCUT2D eigenvalue weighted by molar-refractivity contribution is 5.57. The lowest BCUT2D eigenvalue weighted by Gasteiger charge is -2.33. The lowest BCUT2D eigenvalue weighted by atomic mass is 9.75. The molecule has 0 bridgehead atoms. The van der Waals surface area contributed by atoms with Crippen LogP contribution in [-0.4, -0.2) is 43.3 Å². The number of rotatable bonds is 1. The molecular weight excluding hydrogens is 260 g/mol. The van der Waals surface area contributed by atoms with Crippen molar-refractivity contribution in [3.05, 3.63) is 0 Å². The fourth-order valence-corrected chi connectivity index (χ4v) is 4.73. The molecule has 5 nitrogen and oxygen atoms in total. The van der Waals surface area contributed by atoms with Crippen LogP contribution >= 0.6 is 0 Å². The monoisotopic (exact) mass is 282 g/mol. The smallest absolute Gasteiger partial charge is 0.178 e. The van der Waals surface area contributed by atoms with Gasteiger partial charge in [0.15, 0.2) is 11.6 Å². The van der Waals surface area contributed by atoms with Crippen LogP contribution < -0.4 is 0 Å². The third-order valence-corrected chi connectivity index (χ3v) is 5.37. The number of hydrogen-bond acceptors (Lipinski definition) is 5. The fraction of sp³-hybridized carbons (Fsp3) is 0.933. The molecule has 0 aromatic rings. The Morgan fingerprint density at radius 3 is 2.35 bits per heavy atom. The molecule has 4 fully saturated rings. The maximum absolute atomic E-state index is 11.6. The van der Waals surface area contributed by atoms with E-state index in [0.29, 0.717) is 25.0 Å². The summed E-state index contributed by atoms with van der Waals surface area (Å²) in [6, 6.07) is 0. The van der Waals surface area contributed by atoms with Gasteiger partial charge < -0.3 is 23.7 Å². The molecule has 2 aliphatic carbocycles. The third-order valence-electron chi connectivity index (χ3n) is 5.37. The molecule has 2 saturated carbocycles. The minimum atomic E-state index is -0.661. The predicted molar refractivity (Wildman–Crippen MR) is 68.8 cm³/mol. The average molecular weight is 282 g/mol. The molecule has 0 aromatic carbocycles. The van der Waals surface area contributed by atoms with Crippen molar-refractivity contribution in [2.24, 2.45) is 17.8 Å². The summed E-state index contributed by atoms with van der Waals surface area (Å²) >= 11 is 0. The minimum absolute atomic E-state index is 0.102. The average Bonchev–Trinajstić information content (AvgIpc) is 3.01. The molecule has 0 radical (unpaired) electrons. The first-order chi connectivity index (χ1) is 9.53. The molecular formula is C15H22O5. The summed E-state index contributed by atoms with van der Waals surface area (Å²) in [5.74, 6) is -0.594. The van der Waals surface area contributed by atoms with Crippen LogP contribution in [0.2, 0.25) is 0 Å². The summed E-state index contributed by atoms with van der Waals surface area (Å²) in [6.45, 7) is 5.11. The number of fused-ring (bicyclic) bond motifs is 2. The van der Waals surface area contributed by atoms with Gasteiger partial charge in [-0.3, -0.25) is 0 Å². The Hall–Kier alpha value is -0.490. The molecule has 4 aliphatic rings. The van der Waals surface area contributed by atoms with E-state index in [1.54, 1.807) is 0 Å². The van der Waals surface area contributed by atoms with E-state index >= 15 is 0 Å². The summed E-state index contributed by atoms with van der Waals surface area (Å²) in [5.41, 5.74) is 0. The van der Waals surface area contributed by atoms with E-state index < -0.39 is 11.6 Å². The van der Waals surface area contributed by atoms with E-state index in [2.05, 4.69) is 0 Å². The van der Waals surface area contributed by atoms with Crippen LogP contribution in [0.15, 0.2) is 0 Å². The van der Waals surface area contributed by atoms with Crippen molar-refractivity contribution in [3.8, 4) is 0 Å². The van der Waals surface area contributed by atoms with Crippen LogP contribution in [0.3, 0.4) is 0 Å². The van der Waals surface area contributed by atoms with Crippen molar-refractivity contribution in [1.29, 1.82) is 0 Å². The van der Waals surface area contributed by atoms with Crippen molar-refractivity contribution < 1.29 is 23.7 Å². The maximum Gasteiger partial charge on any atom is 0.178 e. The number of hydrogen-bond donors (Lipinski definition) is 0. The van der Waals surface area contributed by atoms with E-state index in [1.807, 2.05) is 13.8 Å². The van der Waals surface area contributed by atoms with E-state index in [9.17, 15) is 4.79 Å². The summed E-state index contributed by atoms with van der Waals surface area (Å²) in [6.07, 6.45) is 3.92. The lowest BCUT2D eigenvalue weighted by molar-refractivity contribution is -0.186. The first-order valence-electron chi connectivity index (χ1n) is 7.62. The van der Waals surface area contributed by atoms with Gasteiger partial charge in [-0.1, -0.05) is 0 Å². The van der Waals surface area contributed by atoms with Crippen LogP contribution in [0.5, 0.6) is 0 Å². The van der Waals surface area contributed by atoms with Gasteiger partial charge in [-0.15, -0.1) is 0 Å². The van der Waals surface area contributed by atoms with Gasteiger partial charge in [0, 0.05) is 6.42 Å². The first kappa shape index (κ1) is 13.2. The van der Waals surface area contributed by atoms with Gasteiger partial charge in [-0.05, 0) is 38.5 Å². The highest BCUT2D eigenvalue weighted by Gasteiger charge is 2.61. The lowest BCUT2D eigenvalue weighted by Crippen LogP contribution is -2.40. The van der Waals surface area contributed by atoms with Crippen LogP contribution in [-0.2, 0) is 23.7 Å². The Kier molecular flexibility index (Phi) is 2.81. The van der Waals surface area contributed by atoms with E-state index in [1.165, 1.54) is 0 Å². The third kappa shape index (κ3) is 1.80. The standard InChI is InChI=1S/C15H22O5/c1-14(2)19-12-5-9-7-15(17-3-4-18-15)11(8-16)10(9)6-13(12)20-14/h8-13H,3-7H2,1-2H3/t9-,10-,11+,12+,13-/m1/s1. The van der Waals surface area contributed by atoms with E-state index in [4.69, 9.17) is 18.9 Å². The van der Waals surface area contributed by atoms with Crippen molar-refractivity contribution in [2.45, 2.75) is 56.9 Å². The molecule has 2 heterocycles. The molecule has 112 valence electrons. The Morgan fingerprint density at radius 2 is 1.70 bits per heavy atom. The summed E-state index contributed by atoms with van der Waals surface area (Å²) in [5, 5.41) is 0. The molecule has 2 saturated heterocycles. The Morgan fingerprint density at radius 1 is 1.05 bits per heavy atom. The van der Waals surface area contributed by atoms with Crippen LogP contribution in [0, 0.1) is 17.8 Å². The molecule has 5 atom stereocenters. The summed E-state index contributed by atoms with van der Waals surface area (Å²) in [4.78, 5) is 11.6. The van der Waals surface area contributed by atoms with Crippen LogP contribution in [0.25, 0.3) is 0 Å². The molecule has 4 rings (SSSR count). The van der Waals surface area contributed by atoms with Gasteiger partial charge in [0.1, 0.15) is 6.29 Å². The highest BCUT2D eigenvalue weighted by atomic mass is 16.8. The molecule has 0 N–H and O–H groups in total. The number of carbonyl (C=O) groups excluding carboxylic acids is 1. The van der Waals surface area contributed by atoms with Crippen molar-refractivity contribution in [2.75, 3.05) is 13.2 Å². The second-order valence-corrected chi connectivity index (χ2v) is 6.98. The molecule has 1 spiro atoms. The van der Waals surface area contributed by atoms with Crippen molar-refractivity contribution >= 4 is 6.29 Å². The van der Waals surface area contributed by atoms with Gasteiger partial charge in [0.05, 0.1) is 31.3 Å². The van der Waals surface area contributed by atoms with Gasteiger partial charge in [-0.2, -0.15) is 0 Å². The van der Waals surface area contributed by atoms with Gasteiger partial charge in [0.2, 0.25) is 0 Å². The number of carbonyl (C=O) groups is 1. The molecule has 0 unspecified atom stereocenters. The Bertz CT molecular complexity index is 414. The van der Waals surface area contributed by atoms with Crippen molar-refractivity contribution in [1.82, 2.24) is 0 Å². The zero-order valence-corrected chi connectivity index (χ0v) is 12.0. The normalized spacial score (nSPS) is 48.2. The van der Waals surface area contributed by atoms with Gasteiger partial charge in [-0.25, -0.2) is 0 Å². The van der Waals surface area contributed by atoms with Gasteiger partial charge >= 0.3 is 0 Å². The zero-order valence-electron chi connectivity index (χ0n) is 12.0. The van der Waals surface area contributed by atoms with Crippen LogP contribution in [0.1, 0.15) is 33.1 Å². The number of aldehydes is 1. The number of ether oxygens (including phenoxy) is 4. The topological polar surface area (TPSA) is 54.0 Å². The maximum atomic E-state index is 11.6. The summed E-state index contributed by atoms with van der Waals surface area (Å²) in [7, 11) is 0. The molecule has 0 amide bonds. The molecule has 5 heteroatoms. The first-order valence-corrected chi connectivity index (χ1v) is 7.62. The fourth-order valence-electron chi connectivity index (χ4n) is 4.73. The second-order valence-electron chi connectivity index (χ2n) is 6.98. The van der Waals surface area contributed by atoms with Gasteiger partial charge in [0.25, 0.3) is 0 Å². The second kappa shape index (κ2) is 4.26. The highest BCUT2D eigenvalue weighted by Crippen LogP contribution is 2.56. The quantitative estimate of drug-likeness (QED) is 0.682. The zero-order chi connectivity index (χ0) is 14.0. The molecule has 20 heavy (non-hydrogen) atoms. The Labute approximate surface area is 118 Å². The summed E-state index contributed by atoms with van der Waals surface area (Å²) < 4.78 is 23.6. The van der Waals surface area contributed by atoms with E-state index in [-0.39, 0.29) is 18.1 Å². The molecule has 0 aromatic heterocycles. The van der Waals surface area contributed by atoms with E-state index in [0.717, 1.165) is 25.5 Å². The Balaban J connectivity index is 1.58. The van der Waals surface area contributed by atoms with Crippen LogP contribution in [0.4, 0.5) is 0 Å². The minimum Gasteiger partial charge on any atom is -0.347 e. The predicted octanol–water partition coefficient (Wildman–Crippen LogP) is 1.49. The molecule has 2 aliphatic heterocycles. The SMILES string of the molecule is CC1(C)O[C@H]2C[C@@H]3CC4(OCCO4)[C@@H](C=O)[C@@H]3C[C@H]2O1.